The minimum Gasteiger partial charge on any atom is -0.458 e. The summed E-state index contributed by atoms with van der Waals surface area (Å²) in [6.45, 7) is 25.0. The Bertz CT molecular complexity index is 2230. The van der Waals surface area contributed by atoms with Gasteiger partial charge in [0.25, 0.3) is 11.8 Å². The van der Waals surface area contributed by atoms with Gasteiger partial charge in [-0.2, -0.15) is 0 Å². The van der Waals surface area contributed by atoms with E-state index >= 15 is 0 Å². The number of hydrogen-bond donors (Lipinski definition) is 2. The quantitative estimate of drug-likeness (QED) is 0.0889. The Morgan fingerprint density at radius 2 is 1.36 bits per heavy atom. The van der Waals surface area contributed by atoms with Crippen LogP contribution in [0.1, 0.15) is 128 Å². The van der Waals surface area contributed by atoms with Gasteiger partial charge in [-0.25, -0.2) is 9.59 Å². The van der Waals surface area contributed by atoms with Crippen molar-refractivity contribution in [2.24, 2.45) is 18.4 Å². The first-order valence-corrected chi connectivity index (χ1v) is 23.0. The number of fused-ring (bicyclic) bond motifs is 1. The Labute approximate surface area is 397 Å². The van der Waals surface area contributed by atoms with Crippen molar-refractivity contribution < 1.29 is 47.8 Å². The average Bonchev–Trinajstić information content (AvgIpc) is 3.71. The number of ether oxygens (including phenoxy) is 2. The highest BCUT2D eigenvalue weighted by atomic mass is 16.6. The smallest absolute Gasteiger partial charge is 0.410 e. The topological polar surface area (TPSA) is 194 Å². The predicted octanol–water partition coefficient (Wildman–Crippen LogP) is 6.53. The van der Waals surface area contributed by atoms with Gasteiger partial charge in [0.1, 0.15) is 35.1 Å². The number of aryl methyl sites for hydroxylation is 1. The monoisotopic (exact) mass is 933 g/mol. The molecule has 370 valence electrons. The number of para-hydroxylation sites is 1. The molecule has 0 aliphatic carbocycles. The fourth-order valence-corrected chi connectivity index (χ4v) is 8.14. The molecule has 2 aromatic rings. The molecule has 0 fully saturated rings. The number of aromatic nitrogens is 1. The molecule has 1 aliphatic rings. The van der Waals surface area contributed by atoms with Crippen molar-refractivity contribution in [1.82, 2.24) is 29.9 Å². The Hall–Kier alpha value is -5.80. The number of ketones is 1. The number of nitrogens with one attached hydrogen (secondary N) is 2. The van der Waals surface area contributed by atoms with Crippen LogP contribution in [0.5, 0.6) is 0 Å². The van der Waals surface area contributed by atoms with E-state index in [1.807, 2.05) is 90.5 Å². The molecule has 3 rings (SSSR count). The van der Waals surface area contributed by atoms with Gasteiger partial charge >= 0.3 is 12.1 Å². The summed E-state index contributed by atoms with van der Waals surface area (Å²) in [5, 5.41) is 6.69. The number of rotatable bonds is 19. The molecule has 0 saturated carbocycles. The Morgan fingerprint density at radius 3 is 1.90 bits per heavy atom. The maximum atomic E-state index is 15.0. The van der Waals surface area contributed by atoms with Crippen molar-refractivity contribution in [1.29, 1.82) is 0 Å². The maximum absolute atomic E-state index is 15.0. The molecule has 1 aliphatic heterocycles. The summed E-state index contributed by atoms with van der Waals surface area (Å²) in [5.41, 5.74) is -1.64. The number of likely N-dealkylation sites (N-methyl/N-ethyl adjacent to an activating group) is 2. The summed E-state index contributed by atoms with van der Waals surface area (Å²) in [5.74, 6) is -3.67. The molecule has 16 heteroatoms. The predicted molar refractivity (Wildman–Crippen MR) is 257 cm³/mol. The summed E-state index contributed by atoms with van der Waals surface area (Å²) < 4.78 is 13.3. The summed E-state index contributed by atoms with van der Waals surface area (Å²) >= 11 is 0. The van der Waals surface area contributed by atoms with Gasteiger partial charge in [0.2, 0.25) is 17.7 Å². The van der Waals surface area contributed by atoms with Gasteiger partial charge in [0, 0.05) is 80.8 Å². The minimum atomic E-state index is -1.19. The summed E-state index contributed by atoms with van der Waals surface area (Å²) in [7, 11) is 5.04. The molecule has 0 bridgehead atoms. The fraction of sp³-hybridized carbons (Fsp3) is 0.608. The lowest BCUT2D eigenvalue weighted by molar-refractivity contribution is -0.158. The molecular weight excluding hydrogens is 857 g/mol. The van der Waals surface area contributed by atoms with Crippen LogP contribution in [0.4, 0.5) is 4.79 Å². The van der Waals surface area contributed by atoms with Crippen LogP contribution in [0, 0.1) is 11.3 Å². The molecule has 4 atom stereocenters. The van der Waals surface area contributed by atoms with Crippen LogP contribution in [0.2, 0.25) is 0 Å². The second-order valence-corrected chi connectivity index (χ2v) is 21.6. The number of amides is 6. The number of nitrogens with zero attached hydrogens (tertiary/aromatic N) is 4. The van der Waals surface area contributed by atoms with Crippen LogP contribution in [0.3, 0.4) is 0 Å². The zero-order valence-corrected chi connectivity index (χ0v) is 42.9. The van der Waals surface area contributed by atoms with Crippen LogP contribution >= 0.6 is 0 Å². The minimum absolute atomic E-state index is 0.0560. The number of carbonyl (C=O) groups excluding carboxylic acids is 8. The van der Waals surface area contributed by atoms with E-state index in [9.17, 15) is 38.4 Å². The number of esters is 1. The van der Waals surface area contributed by atoms with Crippen molar-refractivity contribution >= 4 is 58.3 Å². The largest absolute Gasteiger partial charge is 0.458 e. The normalized spacial score (nSPS) is 15.6. The van der Waals surface area contributed by atoms with Gasteiger partial charge in [-0.1, -0.05) is 72.7 Å². The summed E-state index contributed by atoms with van der Waals surface area (Å²) in [6.07, 6.45) is 5.40. The van der Waals surface area contributed by atoms with Crippen molar-refractivity contribution in [3.05, 3.63) is 59.8 Å². The Balaban J connectivity index is 1.91. The number of benzene rings is 1. The zero-order chi connectivity index (χ0) is 51.1. The van der Waals surface area contributed by atoms with Crippen LogP contribution in [-0.4, -0.2) is 123 Å². The third kappa shape index (κ3) is 14.8. The standard InChI is InChI=1S/C51H76N6O10/c1-31(2)38(29-32(3)43(61)52-36(46(64)66-49(7,8)9)25-24-33(58)21-20-28-57-39(59)26-27-40(57)60)55(16)45(63)41(48(4,5)6)53-44(62)42(56(17)47(65)67-50(10,11)12)51(13,14)35-30-54(15)37-23-19-18-22-34(35)37/h18-19,22-23,26-27,29-31,36,38,41-42H,20-21,24-25,28H2,1-17H3,(H,52,61)(H,53,62)/b32-29+/t36-,38-,41-,42-/m1/s1. The molecule has 67 heavy (non-hydrogen) atoms. The molecule has 2 heterocycles. The van der Waals surface area contributed by atoms with Crippen molar-refractivity contribution in [3.63, 3.8) is 0 Å². The number of carbonyl (C=O) groups is 8. The van der Waals surface area contributed by atoms with Crippen LogP contribution in [0.25, 0.3) is 10.9 Å². The van der Waals surface area contributed by atoms with Crippen LogP contribution in [-0.2, 0) is 55.5 Å². The Morgan fingerprint density at radius 1 is 0.791 bits per heavy atom. The van der Waals surface area contributed by atoms with E-state index in [0.29, 0.717) is 0 Å². The van der Waals surface area contributed by atoms with Crippen molar-refractivity contribution in [3.8, 4) is 0 Å². The number of imide groups is 1. The van der Waals surface area contributed by atoms with Gasteiger partial charge in [-0.05, 0) is 84.3 Å². The highest BCUT2D eigenvalue weighted by molar-refractivity contribution is 6.12. The number of Topliss-reactive ketones (excluding diaryl/α,β-unsaturated/α-hetero) is 1. The van der Waals surface area contributed by atoms with E-state index in [1.165, 1.54) is 29.0 Å². The lowest BCUT2D eigenvalue weighted by atomic mass is 9.76. The SMILES string of the molecule is C/C(=C\[C@H](C(C)C)N(C)C(=O)[C@@H](NC(=O)[C@@H](N(C)C(=O)OC(C)(C)C)C(C)(C)c1cn(C)c2ccccc12)C(C)(C)C)C(=O)N[C@H](CCC(=O)CCCN1C(=O)C=CC1=O)C(=O)OC(C)(C)C. The van der Waals surface area contributed by atoms with E-state index in [2.05, 4.69) is 10.6 Å². The highest BCUT2D eigenvalue weighted by Gasteiger charge is 2.47. The van der Waals surface area contributed by atoms with E-state index < -0.39 is 87.8 Å². The molecule has 1 aromatic carbocycles. The van der Waals surface area contributed by atoms with Crippen molar-refractivity contribution in [2.75, 3.05) is 20.6 Å². The van der Waals surface area contributed by atoms with Crippen LogP contribution < -0.4 is 10.6 Å². The molecule has 6 amide bonds. The lowest BCUT2D eigenvalue weighted by Gasteiger charge is -2.42. The zero-order valence-electron chi connectivity index (χ0n) is 42.9. The van der Waals surface area contributed by atoms with Gasteiger partial charge in [0.05, 0.1) is 6.04 Å². The third-order valence-electron chi connectivity index (χ3n) is 11.7. The van der Waals surface area contributed by atoms with E-state index in [4.69, 9.17) is 9.47 Å². The second-order valence-electron chi connectivity index (χ2n) is 21.6. The average molecular weight is 933 g/mol. The second kappa shape index (κ2) is 21.9. The fourth-order valence-electron chi connectivity index (χ4n) is 8.14. The molecule has 16 nitrogen and oxygen atoms in total. The van der Waals surface area contributed by atoms with Gasteiger partial charge in [0.15, 0.2) is 0 Å². The van der Waals surface area contributed by atoms with E-state index in [1.54, 1.807) is 61.6 Å². The summed E-state index contributed by atoms with van der Waals surface area (Å²) in [4.78, 5) is 111. The number of hydrogen-bond acceptors (Lipinski definition) is 10. The summed E-state index contributed by atoms with van der Waals surface area (Å²) in [6, 6.07) is 3.69. The molecular formula is C51H76N6O10. The lowest BCUT2D eigenvalue weighted by Crippen LogP contribution is -2.63. The maximum Gasteiger partial charge on any atom is 0.410 e. The van der Waals surface area contributed by atoms with Gasteiger partial charge < -0.3 is 29.6 Å². The first kappa shape index (κ1) is 55.5. The molecule has 0 saturated heterocycles. The third-order valence-corrected chi connectivity index (χ3v) is 11.7. The molecule has 0 spiro atoms. The van der Waals surface area contributed by atoms with Crippen LogP contribution in [0.15, 0.2) is 54.3 Å². The molecule has 0 unspecified atom stereocenters. The van der Waals surface area contributed by atoms with Gasteiger partial charge in [-0.15, -0.1) is 0 Å². The molecule has 1 aromatic heterocycles. The molecule has 2 N–H and O–H groups in total. The Kier molecular flexibility index (Phi) is 18.1. The van der Waals surface area contributed by atoms with Crippen molar-refractivity contribution in [2.45, 2.75) is 163 Å². The first-order chi connectivity index (χ1) is 30.7. The van der Waals surface area contributed by atoms with Gasteiger partial charge in [-0.3, -0.25) is 38.6 Å². The molecule has 0 radical (unpaired) electrons. The highest BCUT2D eigenvalue weighted by Crippen LogP contribution is 2.37. The van der Waals surface area contributed by atoms with E-state index in [0.717, 1.165) is 21.4 Å². The van der Waals surface area contributed by atoms with E-state index in [-0.39, 0.29) is 49.5 Å². The first-order valence-electron chi connectivity index (χ1n) is 23.0.